The number of carbonyl (C=O) groups is 1. The van der Waals surface area contributed by atoms with E-state index in [1.54, 1.807) is 18.2 Å². The predicted molar refractivity (Wildman–Crippen MR) is 73.7 cm³/mol. The van der Waals surface area contributed by atoms with Gasteiger partial charge < -0.3 is 11.1 Å². The van der Waals surface area contributed by atoms with E-state index in [-0.39, 0.29) is 10.7 Å². The lowest BCUT2D eigenvalue weighted by Gasteiger charge is -2.13. The molecule has 2 rings (SSSR count). The number of halogens is 1. The Labute approximate surface area is 110 Å². The summed E-state index contributed by atoms with van der Waals surface area (Å²) in [5.41, 5.74) is 6.67. The molecule has 5 heteroatoms. The van der Waals surface area contributed by atoms with Crippen LogP contribution < -0.4 is 11.1 Å². The van der Waals surface area contributed by atoms with E-state index in [0.717, 1.165) is 0 Å². The highest BCUT2D eigenvalue weighted by Gasteiger charge is 2.41. The van der Waals surface area contributed by atoms with Crippen LogP contribution in [0.5, 0.6) is 0 Å². The first kappa shape index (κ1) is 12.6. The number of nitrogens with one attached hydrogen (secondary N) is 1. The molecule has 0 radical (unpaired) electrons. The molecule has 1 aromatic rings. The lowest BCUT2D eigenvalue weighted by molar-refractivity contribution is 0.0954. The maximum absolute atomic E-state index is 11.9. The summed E-state index contributed by atoms with van der Waals surface area (Å²) in [6.45, 7) is 0.703. The Morgan fingerprint density at radius 2 is 2.29 bits per heavy atom. The minimum atomic E-state index is -0.125. The minimum absolute atomic E-state index is 0.125. The van der Waals surface area contributed by atoms with Crippen molar-refractivity contribution < 1.29 is 4.79 Å². The zero-order valence-electron chi connectivity index (χ0n) is 9.63. The fourth-order valence-corrected chi connectivity index (χ4v) is 2.58. The van der Waals surface area contributed by atoms with E-state index < -0.39 is 0 Å². The van der Waals surface area contributed by atoms with Crippen LogP contribution >= 0.6 is 23.4 Å². The molecule has 0 aliphatic heterocycles. The molecule has 1 amide bonds. The molecule has 0 spiro atoms. The molecule has 0 heterocycles. The Hall–Kier alpha value is -0.870. The number of benzene rings is 1. The van der Waals surface area contributed by atoms with Gasteiger partial charge in [-0.2, -0.15) is 11.8 Å². The molecule has 0 atom stereocenters. The molecule has 0 unspecified atom stereocenters. The number of thioether (sulfide) groups is 1. The first-order valence-corrected chi connectivity index (χ1v) is 7.05. The van der Waals surface area contributed by atoms with Gasteiger partial charge in [-0.25, -0.2) is 0 Å². The number of amides is 1. The third-order valence-electron chi connectivity index (χ3n) is 3.07. The van der Waals surface area contributed by atoms with E-state index in [4.69, 9.17) is 17.3 Å². The van der Waals surface area contributed by atoms with E-state index in [2.05, 4.69) is 11.6 Å². The number of nitrogen functional groups attached to an aromatic ring is 1. The van der Waals surface area contributed by atoms with E-state index in [9.17, 15) is 4.79 Å². The van der Waals surface area contributed by atoms with Crippen LogP contribution in [0.4, 0.5) is 5.69 Å². The number of nitrogens with two attached hydrogens (primary N) is 1. The second-order valence-corrected chi connectivity index (χ2v) is 6.01. The molecule has 3 nitrogen and oxygen atoms in total. The Morgan fingerprint density at radius 1 is 1.59 bits per heavy atom. The monoisotopic (exact) mass is 270 g/mol. The summed E-state index contributed by atoms with van der Waals surface area (Å²) in [4.78, 5) is 11.9. The number of rotatable bonds is 4. The third-order valence-corrected chi connectivity index (χ3v) is 4.72. The van der Waals surface area contributed by atoms with Crippen LogP contribution in [-0.4, -0.2) is 23.5 Å². The van der Waals surface area contributed by atoms with Crippen molar-refractivity contribution in [1.29, 1.82) is 0 Å². The van der Waals surface area contributed by atoms with Gasteiger partial charge in [0.05, 0.1) is 5.56 Å². The van der Waals surface area contributed by atoms with Gasteiger partial charge in [-0.05, 0) is 37.3 Å². The molecule has 1 saturated carbocycles. The van der Waals surface area contributed by atoms with Crippen molar-refractivity contribution in [3.63, 3.8) is 0 Å². The van der Waals surface area contributed by atoms with Gasteiger partial charge in [-0.3, -0.25) is 4.79 Å². The molecule has 92 valence electrons. The highest BCUT2D eigenvalue weighted by molar-refractivity contribution is 8.00. The Balaban J connectivity index is 2.00. The smallest absolute Gasteiger partial charge is 0.253 e. The van der Waals surface area contributed by atoms with Crippen LogP contribution in [0.15, 0.2) is 18.2 Å². The van der Waals surface area contributed by atoms with Crippen LogP contribution in [0.2, 0.25) is 5.02 Å². The van der Waals surface area contributed by atoms with E-state index in [0.29, 0.717) is 22.8 Å². The zero-order valence-corrected chi connectivity index (χ0v) is 11.2. The molecule has 3 N–H and O–H groups in total. The SMILES string of the molecule is CSC1(CNC(=O)c2ccc(Cl)cc2N)CC1. The molecule has 0 saturated heterocycles. The fourth-order valence-electron chi connectivity index (χ4n) is 1.67. The van der Waals surface area contributed by atoms with E-state index in [1.165, 1.54) is 12.8 Å². The van der Waals surface area contributed by atoms with Gasteiger partial charge >= 0.3 is 0 Å². The normalized spacial score (nSPS) is 16.6. The summed E-state index contributed by atoms with van der Waals surface area (Å²) in [6.07, 6.45) is 4.42. The van der Waals surface area contributed by atoms with Gasteiger partial charge in [-0.1, -0.05) is 11.6 Å². The first-order valence-electron chi connectivity index (χ1n) is 5.45. The molecule has 1 aliphatic rings. The highest BCUT2D eigenvalue weighted by atomic mass is 35.5. The Bertz CT molecular complexity index is 446. The minimum Gasteiger partial charge on any atom is -0.398 e. The summed E-state index contributed by atoms with van der Waals surface area (Å²) in [5, 5.41) is 3.47. The highest BCUT2D eigenvalue weighted by Crippen LogP contribution is 2.46. The van der Waals surface area contributed by atoms with Gasteiger partial charge in [0, 0.05) is 22.0 Å². The lowest BCUT2D eigenvalue weighted by Crippen LogP contribution is -2.32. The Morgan fingerprint density at radius 3 is 2.82 bits per heavy atom. The third kappa shape index (κ3) is 2.87. The quantitative estimate of drug-likeness (QED) is 0.827. The second kappa shape index (κ2) is 4.78. The van der Waals surface area contributed by atoms with Crippen molar-refractivity contribution >= 4 is 35.0 Å². The summed E-state index contributed by atoms with van der Waals surface area (Å²) in [5.74, 6) is -0.125. The zero-order chi connectivity index (χ0) is 12.5. The molecule has 0 aromatic heterocycles. The molecular formula is C12H15ClN2OS. The fraction of sp³-hybridized carbons (Fsp3) is 0.417. The standard InChI is InChI=1S/C12H15ClN2OS/c1-17-12(4-5-12)7-15-11(16)9-3-2-8(13)6-10(9)14/h2-3,6H,4-5,7,14H2,1H3,(H,15,16). The van der Waals surface area contributed by atoms with Gasteiger partial charge in [0.2, 0.25) is 0 Å². The Kier molecular flexibility index (Phi) is 3.54. The van der Waals surface area contributed by atoms with Gasteiger partial charge in [0.15, 0.2) is 0 Å². The average Bonchev–Trinajstić information content (AvgIpc) is 3.07. The summed E-state index contributed by atoms with van der Waals surface area (Å²) >= 11 is 7.60. The van der Waals surface area contributed by atoms with Crippen molar-refractivity contribution in [2.45, 2.75) is 17.6 Å². The van der Waals surface area contributed by atoms with Crippen LogP contribution in [0.3, 0.4) is 0 Å². The van der Waals surface area contributed by atoms with Crippen LogP contribution in [-0.2, 0) is 0 Å². The average molecular weight is 271 g/mol. The molecular weight excluding hydrogens is 256 g/mol. The summed E-state index contributed by atoms with van der Waals surface area (Å²) in [7, 11) is 0. The number of hydrogen-bond donors (Lipinski definition) is 2. The molecule has 0 bridgehead atoms. The molecule has 1 fully saturated rings. The van der Waals surface area contributed by atoms with Gasteiger partial charge in [0.25, 0.3) is 5.91 Å². The maximum atomic E-state index is 11.9. The predicted octanol–water partition coefficient (Wildman–Crippen LogP) is 2.55. The van der Waals surface area contributed by atoms with Crippen LogP contribution in [0.1, 0.15) is 23.2 Å². The summed E-state index contributed by atoms with van der Waals surface area (Å²) in [6, 6.07) is 4.93. The molecule has 1 aromatic carbocycles. The van der Waals surface area contributed by atoms with Gasteiger partial charge in [-0.15, -0.1) is 0 Å². The molecule has 1 aliphatic carbocycles. The topological polar surface area (TPSA) is 55.1 Å². The van der Waals surface area contributed by atoms with Crippen molar-refractivity contribution in [3.05, 3.63) is 28.8 Å². The van der Waals surface area contributed by atoms with Crippen molar-refractivity contribution in [2.75, 3.05) is 18.5 Å². The van der Waals surface area contributed by atoms with Gasteiger partial charge in [0.1, 0.15) is 0 Å². The number of anilines is 1. The van der Waals surface area contributed by atoms with Crippen molar-refractivity contribution in [2.24, 2.45) is 0 Å². The molecule has 17 heavy (non-hydrogen) atoms. The number of hydrogen-bond acceptors (Lipinski definition) is 3. The van der Waals surface area contributed by atoms with Crippen molar-refractivity contribution in [1.82, 2.24) is 5.32 Å². The van der Waals surface area contributed by atoms with Crippen molar-refractivity contribution in [3.8, 4) is 0 Å². The number of carbonyl (C=O) groups excluding carboxylic acids is 1. The van der Waals surface area contributed by atoms with Crippen LogP contribution in [0, 0.1) is 0 Å². The largest absolute Gasteiger partial charge is 0.398 e. The maximum Gasteiger partial charge on any atom is 0.253 e. The van der Waals surface area contributed by atoms with Crippen LogP contribution in [0.25, 0.3) is 0 Å². The van der Waals surface area contributed by atoms with E-state index in [1.807, 2.05) is 11.8 Å². The second-order valence-electron chi connectivity index (χ2n) is 4.30. The first-order chi connectivity index (χ1) is 8.06. The lowest BCUT2D eigenvalue weighted by atomic mass is 10.1. The van der Waals surface area contributed by atoms with E-state index >= 15 is 0 Å². The summed E-state index contributed by atoms with van der Waals surface area (Å²) < 4.78 is 0.261.